The lowest BCUT2D eigenvalue weighted by atomic mass is 10.0. The van der Waals surface area contributed by atoms with Crippen molar-refractivity contribution in [3.05, 3.63) is 51.8 Å². The number of pyridine rings is 1. The molecular weight excluding hydrogens is 288 g/mol. The summed E-state index contributed by atoms with van der Waals surface area (Å²) in [5.74, 6) is 0.742. The van der Waals surface area contributed by atoms with Crippen LogP contribution >= 0.6 is 0 Å². The van der Waals surface area contributed by atoms with Crippen molar-refractivity contribution in [1.29, 1.82) is 5.26 Å². The van der Waals surface area contributed by atoms with Crippen molar-refractivity contribution in [2.75, 3.05) is 7.11 Å². The molecule has 1 aromatic carbocycles. The van der Waals surface area contributed by atoms with Crippen LogP contribution in [-0.4, -0.2) is 11.7 Å². The Hall–Kier alpha value is -2.54. The molecule has 4 nitrogen and oxygen atoms in total. The first kappa shape index (κ1) is 15.4. The molecule has 1 aromatic heterocycles. The fourth-order valence-electron chi connectivity index (χ4n) is 3.40. The van der Waals surface area contributed by atoms with Gasteiger partial charge in [0, 0.05) is 11.6 Å². The molecule has 3 rings (SSSR count). The number of benzene rings is 1. The molecule has 0 aliphatic heterocycles. The Balaban J connectivity index is 2.28. The second-order valence-corrected chi connectivity index (χ2v) is 6.06. The number of aromatic nitrogens is 1. The van der Waals surface area contributed by atoms with E-state index in [-0.39, 0.29) is 17.2 Å². The Morgan fingerprint density at radius 2 is 1.96 bits per heavy atom. The van der Waals surface area contributed by atoms with Crippen LogP contribution in [0.15, 0.2) is 35.1 Å². The van der Waals surface area contributed by atoms with E-state index in [2.05, 4.69) is 0 Å². The largest absolute Gasteiger partial charge is 0.496 e. The van der Waals surface area contributed by atoms with Crippen molar-refractivity contribution in [3.8, 4) is 23.1 Å². The van der Waals surface area contributed by atoms with E-state index in [0.717, 1.165) is 48.3 Å². The van der Waals surface area contributed by atoms with Gasteiger partial charge >= 0.3 is 0 Å². The highest BCUT2D eigenvalue weighted by molar-refractivity contribution is 5.69. The lowest BCUT2D eigenvalue weighted by Gasteiger charge is -2.21. The Morgan fingerprint density at radius 1 is 1.22 bits per heavy atom. The van der Waals surface area contributed by atoms with Crippen molar-refractivity contribution < 1.29 is 4.74 Å². The molecule has 0 saturated heterocycles. The Morgan fingerprint density at radius 3 is 2.61 bits per heavy atom. The van der Waals surface area contributed by atoms with E-state index < -0.39 is 0 Å². The van der Waals surface area contributed by atoms with Gasteiger partial charge in [-0.3, -0.25) is 4.79 Å². The van der Waals surface area contributed by atoms with Crippen molar-refractivity contribution in [2.45, 2.75) is 38.6 Å². The zero-order valence-corrected chi connectivity index (χ0v) is 13.5. The number of hydrogen-bond acceptors (Lipinski definition) is 3. The summed E-state index contributed by atoms with van der Waals surface area (Å²) in [5.41, 5.74) is 2.85. The maximum atomic E-state index is 12.8. The van der Waals surface area contributed by atoms with Gasteiger partial charge in [0.25, 0.3) is 5.56 Å². The van der Waals surface area contributed by atoms with Crippen LogP contribution in [0, 0.1) is 18.3 Å². The maximum absolute atomic E-state index is 12.8. The third-order valence-corrected chi connectivity index (χ3v) is 4.56. The van der Waals surface area contributed by atoms with E-state index in [0.29, 0.717) is 0 Å². The molecule has 0 N–H and O–H groups in total. The molecule has 118 valence electrons. The van der Waals surface area contributed by atoms with Crippen LogP contribution < -0.4 is 10.3 Å². The number of nitrogens with zero attached hydrogens (tertiary/aromatic N) is 2. The Bertz CT molecular complexity index is 824. The lowest BCUT2D eigenvalue weighted by Crippen LogP contribution is -2.27. The van der Waals surface area contributed by atoms with E-state index in [1.807, 2.05) is 41.8 Å². The zero-order chi connectivity index (χ0) is 16.4. The standard InChI is InChI=1S/C19H20N2O2/c1-13-7-10-18(23-2)16(11-13)17-9-8-14(12-20)19(22)21(17)15-5-3-4-6-15/h7-11,15H,3-6H2,1-2H3. The fraction of sp³-hybridized carbons (Fsp3) is 0.368. The molecular formula is C19H20N2O2. The number of ether oxygens (including phenoxy) is 1. The van der Waals surface area contributed by atoms with E-state index in [1.165, 1.54) is 0 Å². The lowest BCUT2D eigenvalue weighted by molar-refractivity contribution is 0.415. The van der Waals surface area contributed by atoms with Crippen LogP contribution in [-0.2, 0) is 0 Å². The first-order valence-electron chi connectivity index (χ1n) is 7.96. The predicted octanol–water partition coefficient (Wildman–Crippen LogP) is 3.82. The normalized spacial score (nSPS) is 14.7. The highest BCUT2D eigenvalue weighted by Gasteiger charge is 2.23. The minimum atomic E-state index is -0.194. The first-order chi connectivity index (χ1) is 11.2. The summed E-state index contributed by atoms with van der Waals surface area (Å²) in [6.45, 7) is 2.02. The molecule has 1 aliphatic carbocycles. The summed E-state index contributed by atoms with van der Waals surface area (Å²) in [6, 6.07) is 11.6. The molecule has 1 fully saturated rings. The quantitative estimate of drug-likeness (QED) is 0.866. The molecule has 0 spiro atoms. The van der Waals surface area contributed by atoms with E-state index in [9.17, 15) is 10.1 Å². The SMILES string of the molecule is COc1ccc(C)cc1-c1ccc(C#N)c(=O)n1C1CCCC1. The van der Waals surface area contributed by atoms with Crippen molar-refractivity contribution in [3.63, 3.8) is 0 Å². The number of methoxy groups -OCH3 is 1. The van der Waals surface area contributed by atoms with Crippen LogP contribution in [0.25, 0.3) is 11.3 Å². The van der Waals surface area contributed by atoms with Crippen LogP contribution in [0.5, 0.6) is 5.75 Å². The summed E-state index contributed by atoms with van der Waals surface area (Å²) in [6.07, 6.45) is 4.21. The smallest absolute Gasteiger partial charge is 0.269 e. The van der Waals surface area contributed by atoms with Crippen LogP contribution in [0.1, 0.15) is 42.9 Å². The van der Waals surface area contributed by atoms with Gasteiger partial charge in [0.05, 0.1) is 12.8 Å². The molecule has 0 bridgehead atoms. The molecule has 1 heterocycles. The van der Waals surface area contributed by atoms with Crippen molar-refractivity contribution in [2.24, 2.45) is 0 Å². The molecule has 1 saturated carbocycles. The molecule has 2 aromatic rings. The fourth-order valence-corrected chi connectivity index (χ4v) is 3.40. The maximum Gasteiger partial charge on any atom is 0.269 e. The topological polar surface area (TPSA) is 55.0 Å². The van der Waals surface area contributed by atoms with Gasteiger partial charge in [-0.05, 0) is 44.0 Å². The predicted molar refractivity (Wildman–Crippen MR) is 89.6 cm³/mol. The summed E-state index contributed by atoms with van der Waals surface area (Å²) < 4.78 is 7.30. The van der Waals surface area contributed by atoms with E-state index in [4.69, 9.17) is 4.74 Å². The van der Waals surface area contributed by atoms with Gasteiger partial charge < -0.3 is 9.30 Å². The van der Waals surface area contributed by atoms with Crippen LogP contribution in [0.4, 0.5) is 0 Å². The Labute approximate surface area is 135 Å². The molecule has 0 radical (unpaired) electrons. The molecule has 0 atom stereocenters. The average molecular weight is 308 g/mol. The number of aryl methyl sites for hydroxylation is 1. The summed E-state index contributed by atoms with van der Waals surface area (Å²) in [5, 5.41) is 9.20. The molecule has 23 heavy (non-hydrogen) atoms. The third-order valence-electron chi connectivity index (χ3n) is 4.56. The molecule has 0 amide bonds. The van der Waals surface area contributed by atoms with Crippen molar-refractivity contribution >= 4 is 0 Å². The van der Waals surface area contributed by atoms with Gasteiger partial charge in [0.15, 0.2) is 0 Å². The zero-order valence-electron chi connectivity index (χ0n) is 13.5. The molecule has 1 aliphatic rings. The summed E-state index contributed by atoms with van der Waals surface area (Å²) >= 11 is 0. The number of hydrogen-bond donors (Lipinski definition) is 0. The number of rotatable bonds is 3. The summed E-state index contributed by atoms with van der Waals surface area (Å²) in [4.78, 5) is 12.8. The summed E-state index contributed by atoms with van der Waals surface area (Å²) in [7, 11) is 1.63. The Kier molecular flexibility index (Phi) is 4.20. The second-order valence-electron chi connectivity index (χ2n) is 6.06. The van der Waals surface area contributed by atoms with E-state index >= 15 is 0 Å². The monoisotopic (exact) mass is 308 g/mol. The second kappa shape index (κ2) is 6.29. The molecule has 4 heteroatoms. The highest BCUT2D eigenvalue weighted by Crippen LogP contribution is 2.36. The van der Waals surface area contributed by atoms with Crippen molar-refractivity contribution in [1.82, 2.24) is 4.57 Å². The van der Waals surface area contributed by atoms with Gasteiger partial charge in [-0.15, -0.1) is 0 Å². The van der Waals surface area contributed by atoms with E-state index in [1.54, 1.807) is 13.2 Å². The van der Waals surface area contributed by atoms with Crippen LogP contribution in [0.2, 0.25) is 0 Å². The highest BCUT2D eigenvalue weighted by atomic mass is 16.5. The van der Waals surface area contributed by atoms with Crippen LogP contribution in [0.3, 0.4) is 0 Å². The number of nitriles is 1. The minimum absolute atomic E-state index is 0.163. The van der Waals surface area contributed by atoms with Gasteiger partial charge in [0.2, 0.25) is 0 Å². The average Bonchev–Trinajstić information content (AvgIpc) is 3.08. The first-order valence-corrected chi connectivity index (χ1v) is 7.96. The van der Waals surface area contributed by atoms with Gasteiger partial charge in [0.1, 0.15) is 17.4 Å². The minimum Gasteiger partial charge on any atom is -0.496 e. The van der Waals surface area contributed by atoms with Gasteiger partial charge in [-0.2, -0.15) is 5.26 Å². The van der Waals surface area contributed by atoms with Gasteiger partial charge in [-0.25, -0.2) is 0 Å². The van der Waals surface area contributed by atoms with Gasteiger partial charge in [-0.1, -0.05) is 24.5 Å². The molecule has 0 unspecified atom stereocenters. The third kappa shape index (κ3) is 2.75.